The first-order chi connectivity index (χ1) is 14.0. The van der Waals surface area contributed by atoms with Crippen molar-refractivity contribution in [1.29, 1.82) is 0 Å². The second-order valence-electron chi connectivity index (χ2n) is 7.83. The zero-order valence-corrected chi connectivity index (χ0v) is 17.8. The van der Waals surface area contributed by atoms with Crippen molar-refractivity contribution in [2.24, 2.45) is 0 Å². The zero-order valence-electron chi connectivity index (χ0n) is 17.8. The van der Waals surface area contributed by atoms with Crippen LogP contribution in [0.2, 0.25) is 0 Å². The van der Waals surface area contributed by atoms with E-state index < -0.39 is 0 Å². The smallest absolute Gasteiger partial charge is 0.277 e. The first-order valence-electron chi connectivity index (χ1n) is 10.7. The minimum Gasteiger partial charge on any atom is -0.494 e. The molecule has 0 aromatic heterocycles. The van der Waals surface area contributed by atoms with Gasteiger partial charge in [0, 0.05) is 13.1 Å². The average Bonchev–Trinajstić information content (AvgIpc) is 2.97. The Hall–Kier alpha value is -2.34. The first-order valence-corrected chi connectivity index (χ1v) is 10.7. The van der Waals surface area contributed by atoms with Crippen LogP contribution in [0.4, 0.5) is 0 Å². The van der Waals surface area contributed by atoms with Crippen LogP contribution in [0.3, 0.4) is 0 Å². The van der Waals surface area contributed by atoms with Crippen molar-refractivity contribution in [2.45, 2.75) is 52.6 Å². The molecule has 0 radical (unpaired) electrons. The predicted molar refractivity (Wildman–Crippen MR) is 112 cm³/mol. The fourth-order valence-electron chi connectivity index (χ4n) is 3.75. The Kier molecular flexibility index (Phi) is 7.31. The molecule has 29 heavy (non-hydrogen) atoms. The Morgan fingerprint density at radius 2 is 1.66 bits per heavy atom. The number of benzene rings is 1. The molecular formula is C23H32N2O4. The van der Waals surface area contributed by atoms with E-state index in [2.05, 4.69) is 11.8 Å². The summed E-state index contributed by atoms with van der Waals surface area (Å²) in [7, 11) is 0. The molecule has 1 aromatic carbocycles. The molecule has 158 valence electrons. The third-order valence-electron chi connectivity index (χ3n) is 5.20. The van der Waals surface area contributed by atoms with Gasteiger partial charge in [-0.2, -0.15) is 0 Å². The monoisotopic (exact) mass is 400 g/mol. The number of hydrogen-bond donors (Lipinski definition) is 0. The van der Waals surface area contributed by atoms with Crippen LogP contribution in [-0.2, 0) is 14.3 Å². The molecule has 0 aliphatic carbocycles. The van der Waals surface area contributed by atoms with Gasteiger partial charge in [-0.3, -0.25) is 14.5 Å². The van der Waals surface area contributed by atoms with E-state index in [-0.39, 0.29) is 24.5 Å². The Balaban J connectivity index is 1.88. The SMILES string of the molecule is CCCOc1ccc(C2=C(N3CCCCC3)C(=O)N(CCOC(C)C)C2=O)cc1. The molecule has 0 N–H and O–H groups in total. The number of nitrogens with zero attached hydrogens (tertiary/aromatic N) is 2. The summed E-state index contributed by atoms with van der Waals surface area (Å²) in [6, 6.07) is 7.50. The topological polar surface area (TPSA) is 59.1 Å². The van der Waals surface area contributed by atoms with Gasteiger partial charge in [-0.25, -0.2) is 0 Å². The number of amides is 2. The molecule has 2 aliphatic rings. The molecule has 3 rings (SSSR count). The van der Waals surface area contributed by atoms with Gasteiger partial charge in [-0.1, -0.05) is 19.1 Å². The van der Waals surface area contributed by atoms with Gasteiger partial charge in [0.25, 0.3) is 11.8 Å². The van der Waals surface area contributed by atoms with E-state index in [0.717, 1.165) is 50.1 Å². The van der Waals surface area contributed by atoms with Gasteiger partial charge in [-0.15, -0.1) is 0 Å². The highest BCUT2D eigenvalue weighted by molar-refractivity contribution is 6.35. The third kappa shape index (κ3) is 4.99. The highest BCUT2D eigenvalue weighted by Crippen LogP contribution is 2.33. The van der Waals surface area contributed by atoms with Crippen LogP contribution >= 0.6 is 0 Å². The van der Waals surface area contributed by atoms with E-state index in [1.54, 1.807) is 0 Å². The van der Waals surface area contributed by atoms with Crippen molar-refractivity contribution in [2.75, 3.05) is 32.8 Å². The largest absolute Gasteiger partial charge is 0.494 e. The minimum atomic E-state index is -0.231. The van der Waals surface area contributed by atoms with Crippen LogP contribution in [0.5, 0.6) is 5.75 Å². The van der Waals surface area contributed by atoms with Crippen molar-refractivity contribution in [3.8, 4) is 5.75 Å². The number of rotatable bonds is 9. The fraction of sp³-hybridized carbons (Fsp3) is 0.565. The number of ether oxygens (including phenoxy) is 2. The van der Waals surface area contributed by atoms with Crippen molar-refractivity contribution >= 4 is 17.4 Å². The number of likely N-dealkylation sites (tertiary alicyclic amines) is 1. The maximum absolute atomic E-state index is 13.2. The maximum atomic E-state index is 13.2. The highest BCUT2D eigenvalue weighted by Gasteiger charge is 2.41. The molecule has 6 heteroatoms. The molecule has 0 atom stereocenters. The van der Waals surface area contributed by atoms with Gasteiger partial charge < -0.3 is 14.4 Å². The summed E-state index contributed by atoms with van der Waals surface area (Å²) >= 11 is 0. The number of imide groups is 1. The second-order valence-corrected chi connectivity index (χ2v) is 7.83. The molecule has 1 aromatic rings. The van der Waals surface area contributed by atoms with E-state index >= 15 is 0 Å². The number of hydrogen-bond acceptors (Lipinski definition) is 5. The van der Waals surface area contributed by atoms with Gasteiger partial charge in [0.2, 0.25) is 0 Å². The second kappa shape index (κ2) is 9.92. The van der Waals surface area contributed by atoms with E-state index in [0.29, 0.717) is 24.5 Å². The van der Waals surface area contributed by atoms with Gasteiger partial charge >= 0.3 is 0 Å². The normalized spacial score (nSPS) is 17.7. The summed E-state index contributed by atoms with van der Waals surface area (Å²) in [5, 5.41) is 0. The van der Waals surface area contributed by atoms with Gasteiger partial charge in [0.05, 0.1) is 31.4 Å². The Morgan fingerprint density at radius 3 is 2.28 bits per heavy atom. The molecule has 1 fully saturated rings. The maximum Gasteiger partial charge on any atom is 0.277 e. The van der Waals surface area contributed by atoms with Crippen LogP contribution < -0.4 is 4.74 Å². The Labute approximate surface area is 173 Å². The van der Waals surface area contributed by atoms with Crippen molar-refractivity contribution in [3.63, 3.8) is 0 Å². The van der Waals surface area contributed by atoms with E-state index in [1.807, 2.05) is 38.1 Å². The lowest BCUT2D eigenvalue weighted by molar-refractivity contribution is -0.138. The average molecular weight is 401 g/mol. The van der Waals surface area contributed by atoms with Crippen LogP contribution in [0, 0.1) is 0 Å². The van der Waals surface area contributed by atoms with Crippen molar-refractivity contribution < 1.29 is 19.1 Å². The van der Waals surface area contributed by atoms with Crippen LogP contribution in [0.15, 0.2) is 30.0 Å². The van der Waals surface area contributed by atoms with Crippen LogP contribution in [0.1, 0.15) is 52.0 Å². The molecule has 0 unspecified atom stereocenters. The van der Waals surface area contributed by atoms with E-state index in [9.17, 15) is 9.59 Å². The van der Waals surface area contributed by atoms with Crippen molar-refractivity contribution in [1.82, 2.24) is 9.80 Å². The molecule has 0 spiro atoms. The predicted octanol–water partition coefficient (Wildman–Crippen LogP) is 3.47. The van der Waals surface area contributed by atoms with E-state index in [4.69, 9.17) is 9.47 Å². The lowest BCUT2D eigenvalue weighted by Gasteiger charge is -2.29. The third-order valence-corrected chi connectivity index (χ3v) is 5.20. The standard InChI is InChI=1S/C23H32N2O4/c1-4-15-29-19-10-8-18(9-11-19)20-21(24-12-6-5-7-13-24)23(27)25(22(20)26)14-16-28-17(2)3/h8-11,17H,4-7,12-16H2,1-3H3. The fourth-order valence-corrected chi connectivity index (χ4v) is 3.75. The summed E-state index contributed by atoms with van der Waals surface area (Å²) in [6.45, 7) is 8.84. The number of carbonyl (C=O) groups is 2. The molecule has 0 bridgehead atoms. The van der Waals surface area contributed by atoms with Crippen LogP contribution in [-0.4, -0.2) is 60.6 Å². The lowest BCUT2D eigenvalue weighted by Crippen LogP contribution is -2.39. The summed E-state index contributed by atoms with van der Waals surface area (Å²) < 4.78 is 11.2. The summed E-state index contributed by atoms with van der Waals surface area (Å²) in [6.07, 6.45) is 4.24. The molecule has 1 saturated heterocycles. The molecule has 2 amide bonds. The number of piperidine rings is 1. The lowest BCUT2D eigenvalue weighted by atomic mass is 10.0. The highest BCUT2D eigenvalue weighted by atomic mass is 16.5. The Morgan fingerprint density at radius 1 is 0.966 bits per heavy atom. The van der Waals surface area contributed by atoms with E-state index in [1.165, 1.54) is 4.90 Å². The summed E-state index contributed by atoms with van der Waals surface area (Å²) in [5.41, 5.74) is 1.81. The zero-order chi connectivity index (χ0) is 20.8. The minimum absolute atomic E-state index is 0.0625. The van der Waals surface area contributed by atoms with Crippen LogP contribution in [0.25, 0.3) is 5.57 Å². The molecule has 2 aliphatic heterocycles. The molecular weight excluding hydrogens is 368 g/mol. The number of carbonyl (C=O) groups excluding carboxylic acids is 2. The van der Waals surface area contributed by atoms with Gasteiger partial charge in [-0.05, 0) is 57.2 Å². The molecule has 6 nitrogen and oxygen atoms in total. The first kappa shape index (κ1) is 21.4. The van der Waals surface area contributed by atoms with Gasteiger partial charge in [0.15, 0.2) is 0 Å². The van der Waals surface area contributed by atoms with Crippen molar-refractivity contribution in [3.05, 3.63) is 35.5 Å². The van der Waals surface area contributed by atoms with Gasteiger partial charge in [0.1, 0.15) is 11.4 Å². The quantitative estimate of drug-likeness (QED) is 0.594. The summed E-state index contributed by atoms with van der Waals surface area (Å²) in [4.78, 5) is 29.9. The Bertz CT molecular complexity index is 749. The summed E-state index contributed by atoms with van der Waals surface area (Å²) in [5.74, 6) is 0.338. The molecule has 0 saturated carbocycles. The molecule has 2 heterocycles.